The molecule has 130 valence electrons. The molecule has 1 aromatic heterocycles. The highest BCUT2D eigenvalue weighted by Crippen LogP contribution is 2.39. The van der Waals surface area contributed by atoms with Crippen LogP contribution in [0.4, 0.5) is 0 Å². The number of nitrogens with one attached hydrogen (secondary N) is 1. The molecule has 0 aliphatic heterocycles. The molecule has 25 heavy (non-hydrogen) atoms. The van der Waals surface area contributed by atoms with Gasteiger partial charge in [-0.3, -0.25) is 4.79 Å². The molecule has 0 saturated carbocycles. The fourth-order valence-corrected chi connectivity index (χ4v) is 4.14. The molecule has 0 aliphatic carbocycles. The Kier molecular flexibility index (Phi) is 5.30. The average Bonchev–Trinajstić information content (AvgIpc) is 2.99. The summed E-state index contributed by atoms with van der Waals surface area (Å²) in [5.41, 5.74) is 2.36. The molecule has 3 aromatic rings. The molecule has 1 heterocycles. The molecule has 0 spiro atoms. The second kappa shape index (κ2) is 7.46. The summed E-state index contributed by atoms with van der Waals surface area (Å²) in [6.07, 6.45) is 1.00. The van der Waals surface area contributed by atoms with Crippen LogP contribution < -0.4 is 10.1 Å². The maximum atomic E-state index is 12.8. The van der Waals surface area contributed by atoms with E-state index in [2.05, 4.69) is 36.5 Å². The molecule has 0 aliphatic rings. The van der Waals surface area contributed by atoms with Gasteiger partial charge in [0.15, 0.2) is 0 Å². The normalized spacial score (nSPS) is 12.2. The van der Waals surface area contributed by atoms with Crippen LogP contribution in [0.5, 0.6) is 5.75 Å². The Morgan fingerprint density at radius 1 is 1.24 bits per heavy atom. The zero-order valence-corrected chi connectivity index (χ0v) is 16.0. The van der Waals surface area contributed by atoms with Gasteiger partial charge in [0.25, 0.3) is 5.91 Å². The van der Waals surface area contributed by atoms with Crippen molar-refractivity contribution in [3.8, 4) is 5.75 Å². The number of carbonyl (C=O) groups excluding carboxylic acids is 1. The minimum Gasteiger partial charge on any atom is -0.494 e. The van der Waals surface area contributed by atoms with E-state index in [9.17, 15) is 4.79 Å². The van der Waals surface area contributed by atoms with Gasteiger partial charge < -0.3 is 10.1 Å². The number of rotatable bonds is 5. The molecule has 0 bridgehead atoms. The van der Waals surface area contributed by atoms with Gasteiger partial charge in [-0.1, -0.05) is 42.8 Å². The van der Waals surface area contributed by atoms with Gasteiger partial charge in [0.2, 0.25) is 0 Å². The highest BCUT2D eigenvalue weighted by atomic mass is 35.5. The van der Waals surface area contributed by atoms with E-state index in [-0.39, 0.29) is 11.9 Å². The molecule has 3 nitrogen and oxygen atoms in total. The first-order valence-electron chi connectivity index (χ1n) is 8.19. The summed E-state index contributed by atoms with van der Waals surface area (Å²) in [6.45, 7) is 4.11. The quantitative estimate of drug-likeness (QED) is 0.630. The van der Waals surface area contributed by atoms with Gasteiger partial charge in [0.05, 0.1) is 13.2 Å². The predicted molar refractivity (Wildman–Crippen MR) is 105 cm³/mol. The molecule has 5 heteroatoms. The third kappa shape index (κ3) is 3.65. The van der Waals surface area contributed by atoms with Crippen molar-refractivity contribution in [2.24, 2.45) is 0 Å². The standard InChI is InChI=1S/C20H20ClNO2S/c1-4-13-5-7-14(8-6-13)12(2)22-20(23)19-18(24-3)16-10-9-15(21)11-17(16)25-19/h5-12H,4H2,1-3H3,(H,22,23)/t12-/m0/s1. The summed E-state index contributed by atoms with van der Waals surface area (Å²) >= 11 is 7.45. The van der Waals surface area contributed by atoms with E-state index in [0.29, 0.717) is 15.6 Å². The number of amides is 1. The first-order valence-corrected chi connectivity index (χ1v) is 9.38. The van der Waals surface area contributed by atoms with Crippen LogP contribution in [0, 0.1) is 0 Å². The minimum absolute atomic E-state index is 0.0862. The molecule has 3 rings (SSSR count). The Balaban J connectivity index is 1.86. The third-order valence-electron chi connectivity index (χ3n) is 4.25. The van der Waals surface area contributed by atoms with Crippen LogP contribution in [0.2, 0.25) is 5.02 Å². The van der Waals surface area contributed by atoms with Gasteiger partial charge in [-0.05, 0) is 42.7 Å². The average molecular weight is 374 g/mol. The van der Waals surface area contributed by atoms with Crippen molar-refractivity contribution >= 4 is 38.9 Å². The molecule has 0 saturated heterocycles. The number of ether oxygens (including phenoxy) is 1. The Morgan fingerprint density at radius 3 is 2.60 bits per heavy atom. The van der Waals surface area contributed by atoms with Crippen LogP contribution in [0.25, 0.3) is 10.1 Å². The zero-order valence-electron chi connectivity index (χ0n) is 14.4. The van der Waals surface area contributed by atoms with Crippen LogP contribution >= 0.6 is 22.9 Å². The summed E-state index contributed by atoms with van der Waals surface area (Å²) in [5, 5.41) is 4.61. The van der Waals surface area contributed by atoms with Crippen LogP contribution in [0.3, 0.4) is 0 Å². The number of aryl methyl sites for hydroxylation is 1. The van der Waals surface area contributed by atoms with Gasteiger partial charge >= 0.3 is 0 Å². The van der Waals surface area contributed by atoms with E-state index >= 15 is 0 Å². The van der Waals surface area contributed by atoms with Crippen molar-refractivity contribution < 1.29 is 9.53 Å². The topological polar surface area (TPSA) is 38.3 Å². The number of halogens is 1. The monoisotopic (exact) mass is 373 g/mol. The Hall–Kier alpha value is -2.04. The number of benzene rings is 2. The van der Waals surface area contributed by atoms with Gasteiger partial charge in [0.1, 0.15) is 10.6 Å². The van der Waals surface area contributed by atoms with Crippen molar-refractivity contribution in [1.29, 1.82) is 0 Å². The van der Waals surface area contributed by atoms with E-state index in [1.807, 2.05) is 19.1 Å². The molecule has 0 unspecified atom stereocenters. The highest BCUT2D eigenvalue weighted by Gasteiger charge is 2.21. The second-order valence-corrected chi connectivity index (χ2v) is 7.38. The van der Waals surface area contributed by atoms with Gasteiger partial charge in [-0.15, -0.1) is 11.3 Å². The minimum atomic E-state index is -0.138. The van der Waals surface area contributed by atoms with E-state index in [1.54, 1.807) is 13.2 Å². The van der Waals surface area contributed by atoms with Crippen molar-refractivity contribution in [2.45, 2.75) is 26.3 Å². The molecule has 1 N–H and O–H groups in total. The molecule has 0 radical (unpaired) electrons. The van der Waals surface area contributed by atoms with E-state index in [0.717, 1.165) is 22.1 Å². The number of methoxy groups -OCH3 is 1. The van der Waals surface area contributed by atoms with Crippen molar-refractivity contribution in [1.82, 2.24) is 5.32 Å². The SMILES string of the molecule is CCc1ccc([C@H](C)NC(=O)c2sc3cc(Cl)ccc3c2OC)cc1. The lowest BCUT2D eigenvalue weighted by Gasteiger charge is -2.14. The van der Waals surface area contributed by atoms with Crippen LogP contribution in [-0.4, -0.2) is 13.0 Å². The van der Waals surface area contributed by atoms with Crippen molar-refractivity contribution in [2.75, 3.05) is 7.11 Å². The predicted octanol–water partition coefficient (Wildman–Crippen LogP) is 5.62. The fourth-order valence-electron chi connectivity index (χ4n) is 2.79. The largest absolute Gasteiger partial charge is 0.494 e. The van der Waals surface area contributed by atoms with Gasteiger partial charge in [-0.2, -0.15) is 0 Å². The fraction of sp³-hybridized carbons (Fsp3) is 0.250. The first kappa shape index (κ1) is 17.8. The van der Waals surface area contributed by atoms with Crippen LogP contribution in [-0.2, 0) is 6.42 Å². The number of carbonyl (C=O) groups is 1. The van der Waals surface area contributed by atoms with Crippen LogP contribution in [0.15, 0.2) is 42.5 Å². The number of thiophene rings is 1. The highest BCUT2D eigenvalue weighted by molar-refractivity contribution is 7.21. The zero-order chi connectivity index (χ0) is 18.0. The summed E-state index contributed by atoms with van der Waals surface area (Å²) in [6, 6.07) is 13.8. The summed E-state index contributed by atoms with van der Waals surface area (Å²) in [4.78, 5) is 13.3. The third-order valence-corrected chi connectivity index (χ3v) is 5.62. The van der Waals surface area contributed by atoms with E-state index in [1.165, 1.54) is 16.9 Å². The number of fused-ring (bicyclic) bond motifs is 1. The van der Waals surface area contributed by atoms with Gasteiger partial charge in [-0.25, -0.2) is 0 Å². The van der Waals surface area contributed by atoms with Crippen molar-refractivity contribution in [3.63, 3.8) is 0 Å². The van der Waals surface area contributed by atoms with E-state index < -0.39 is 0 Å². The maximum absolute atomic E-state index is 12.8. The molecule has 0 fully saturated rings. The first-order chi connectivity index (χ1) is 12.0. The van der Waals surface area contributed by atoms with Crippen LogP contribution in [0.1, 0.15) is 40.7 Å². The number of hydrogen-bond acceptors (Lipinski definition) is 3. The Morgan fingerprint density at radius 2 is 1.96 bits per heavy atom. The maximum Gasteiger partial charge on any atom is 0.265 e. The summed E-state index contributed by atoms with van der Waals surface area (Å²) in [5.74, 6) is 0.462. The van der Waals surface area contributed by atoms with Gasteiger partial charge in [0, 0.05) is 15.1 Å². The molecular weight excluding hydrogens is 354 g/mol. The smallest absolute Gasteiger partial charge is 0.265 e. The molecule has 2 aromatic carbocycles. The summed E-state index contributed by atoms with van der Waals surface area (Å²) < 4.78 is 6.42. The molecule has 1 amide bonds. The number of hydrogen-bond donors (Lipinski definition) is 1. The van der Waals surface area contributed by atoms with E-state index in [4.69, 9.17) is 16.3 Å². The lowest BCUT2D eigenvalue weighted by atomic mass is 10.0. The summed E-state index contributed by atoms with van der Waals surface area (Å²) in [7, 11) is 1.58. The molecule has 1 atom stereocenters. The lowest BCUT2D eigenvalue weighted by molar-refractivity contribution is 0.0941. The second-order valence-electron chi connectivity index (χ2n) is 5.90. The van der Waals surface area contributed by atoms with Crippen molar-refractivity contribution in [3.05, 3.63) is 63.5 Å². The molecular formula is C20H20ClNO2S. The lowest BCUT2D eigenvalue weighted by Crippen LogP contribution is -2.26. The Labute approximate surface area is 156 Å². The Bertz CT molecular complexity index is 902.